The highest BCUT2D eigenvalue weighted by Crippen LogP contribution is 2.28. The number of Topliss-reactive ketones (excluding diaryl/α,β-unsaturated/α-hetero) is 1. The van der Waals surface area contributed by atoms with Gasteiger partial charge in [-0.3, -0.25) is 24.1 Å². The molecule has 2 aliphatic heterocycles. The molecule has 1 unspecified atom stereocenters. The van der Waals surface area contributed by atoms with E-state index in [1.54, 1.807) is 55.6 Å². The summed E-state index contributed by atoms with van der Waals surface area (Å²) in [4.78, 5) is 69.3. The molecule has 13 nitrogen and oxygen atoms in total. The highest BCUT2D eigenvalue weighted by atomic mass is 16.5. The molecule has 0 spiro atoms. The largest absolute Gasteiger partial charge is 0.497 e. The van der Waals surface area contributed by atoms with Crippen molar-refractivity contribution < 1.29 is 53.2 Å². The maximum Gasteiger partial charge on any atom is 0.371 e. The fraction of sp³-hybridized carbons (Fsp3) is 0.400. The molecule has 43 heavy (non-hydrogen) atoms. The summed E-state index contributed by atoms with van der Waals surface area (Å²) in [5.74, 6) is -2.90. The molecule has 2 fully saturated rings. The van der Waals surface area contributed by atoms with E-state index in [4.69, 9.17) is 14.6 Å². The van der Waals surface area contributed by atoms with Crippen LogP contribution in [-0.4, -0.2) is 89.1 Å². The summed E-state index contributed by atoms with van der Waals surface area (Å²) in [5, 5.41) is 21.5. The molecule has 2 aromatic rings. The number of β-lactam (4-membered cyclic amide) rings is 1. The summed E-state index contributed by atoms with van der Waals surface area (Å²) in [5.41, 5.74) is 1.57. The first-order valence-corrected chi connectivity index (χ1v) is 13.6. The van der Waals surface area contributed by atoms with Crippen LogP contribution in [0.2, 0.25) is 0 Å². The highest BCUT2D eigenvalue weighted by Gasteiger charge is 2.52. The number of carboxylic acid groups (broad SMARTS) is 1. The molecule has 0 bridgehead atoms. The first-order valence-electron chi connectivity index (χ1n) is 13.6. The number of carbonyl (C=O) groups is 6. The van der Waals surface area contributed by atoms with Crippen molar-refractivity contribution in [2.24, 2.45) is 0 Å². The molecule has 0 saturated carbocycles. The highest BCUT2D eigenvalue weighted by molar-refractivity contribution is 6.20. The van der Waals surface area contributed by atoms with Crippen LogP contribution in [-0.2, 0) is 51.3 Å². The molecule has 2 amide bonds. The number of aliphatic hydroxyl groups excluding tert-OH is 1. The van der Waals surface area contributed by atoms with Crippen LogP contribution in [0.3, 0.4) is 0 Å². The Hall–Kier alpha value is -4.62. The molecular formula is C30H34N2O11. The number of hydrogen-bond donors (Lipinski definition) is 3. The van der Waals surface area contributed by atoms with Gasteiger partial charge in [0.15, 0.2) is 5.78 Å². The predicted molar refractivity (Wildman–Crippen MR) is 148 cm³/mol. The minimum atomic E-state index is -2.02. The Kier molecular flexibility index (Phi) is 12.3. The third kappa shape index (κ3) is 9.45. The van der Waals surface area contributed by atoms with E-state index in [9.17, 15) is 33.9 Å². The molecular weight excluding hydrogens is 564 g/mol. The van der Waals surface area contributed by atoms with Crippen LogP contribution < -0.4 is 10.1 Å². The van der Waals surface area contributed by atoms with Crippen molar-refractivity contribution in [2.45, 2.75) is 63.1 Å². The van der Waals surface area contributed by atoms with Crippen LogP contribution in [0.25, 0.3) is 0 Å². The van der Waals surface area contributed by atoms with Crippen LogP contribution in [0.5, 0.6) is 5.75 Å². The Balaban J connectivity index is 0.000000303. The van der Waals surface area contributed by atoms with Crippen LogP contribution in [0.1, 0.15) is 36.8 Å². The number of esters is 1. The summed E-state index contributed by atoms with van der Waals surface area (Å²) in [7, 11) is 1.57. The Labute approximate surface area is 247 Å². The second-order valence-corrected chi connectivity index (χ2v) is 9.81. The minimum Gasteiger partial charge on any atom is -0.497 e. The molecule has 0 radical (unpaired) electrons. The van der Waals surface area contributed by atoms with Gasteiger partial charge < -0.3 is 29.7 Å². The lowest BCUT2D eigenvalue weighted by Gasteiger charge is -2.48. The second-order valence-electron chi connectivity index (χ2n) is 9.81. The SMILES string of the molecule is COc1ccc(COC(=O)C=O)cc1.O=C(Cc1ccccc1)N[C@@H]1C(=O)N(C(O)C(=O)O)[C@@H]1CCC(=O)[C@@H]1CCCO1. The number of nitrogens with one attached hydrogen (secondary N) is 1. The number of likely N-dealkylation sites (tertiary alicyclic amines) is 1. The van der Waals surface area contributed by atoms with Crippen molar-refractivity contribution in [1.82, 2.24) is 10.2 Å². The number of benzene rings is 2. The number of amides is 2. The zero-order valence-electron chi connectivity index (χ0n) is 23.5. The van der Waals surface area contributed by atoms with E-state index in [2.05, 4.69) is 10.1 Å². The van der Waals surface area contributed by atoms with Crippen LogP contribution in [0, 0.1) is 0 Å². The summed E-state index contributed by atoms with van der Waals surface area (Å²) in [6, 6.07) is 14.2. The average molecular weight is 599 g/mol. The van der Waals surface area contributed by atoms with Gasteiger partial charge in [0.25, 0.3) is 0 Å². The van der Waals surface area contributed by atoms with E-state index < -0.39 is 48.2 Å². The Morgan fingerprint density at radius 1 is 1.09 bits per heavy atom. The van der Waals surface area contributed by atoms with E-state index in [1.165, 1.54) is 0 Å². The van der Waals surface area contributed by atoms with Gasteiger partial charge in [0.1, 0.15) is 24.5 Å². The number of carbonyl (C=O) groups excluding carboxylic acids is 5. The van der Waals surface area contributed by atoms with Gasteiger partial charge in [0, 0.05) is 13.0 Å². The molecule has 3 N–H and O–H groups in total. The maximum atomic E-state index is 12.4. The Bertz CT molecular complexity index is 1280. The van der Waals surface area contributed by atoms with Gasteiger partial charge in [-0.2, -0.15) is 0 Å². The van der Waals surface area contributed by atoms with E-state index >= 15 is 0 Å². The molecule has 13 heteroatoms. The number of ketones is 1. The Morgan fingerprint density at radius 3 is 2.37 bits per heavy atom. The van der Waals surface area contributed by atoms with E-state index in [1.807, 2.05) is 6.07 Å². The zero-order chi connectivity index (χ0) is 31.4. The van der Waals surface area contributed by atoms with Gasteiger partial charge in [-0.1, -0.05) is 42.5 Å². The number of hydrogen-bond acceptors (Lipinski definition) is 10. The number of methoxy groups -OCH3 is 1. The van der Waals surface area contributed by atoms with Gasteiger partial charge in [-0.25, -0.2) is 9.59 Å². The third-order valence-corrected chi connectivity index (χ3v) is 6.88. The van der Waals surface area contributed by atoms with Gasteiger partial charge >= 0.3 is 11.9 Å². The first kappa shape index (κ1) is 32.9. The number of aliphatic carboxylic acids is 1. The molecule has 0 aromatic heterocycles. The van der Waals surface area contributed by atoms with Gasteiger partial charge in [-0.05, 0) is 42.5 Å². The molecule has 2 aromatic carbocycles. The summed E-state index contributed by atoms with van der Waals surface area (Å²) >= 11 is 0. The van der Waals surface area contributed by atoms with Crippen molar-refractivity contribution in [2.75, 3.05) is 13.7 Å². The normalized spacial score (nSPS) is 19.6. The lowest BCUT2D eigenvalue weighted by Crippen LogP contribution is -2.74. The molecule has 4 atom stereocenters. The quantitative estimate of drug-likeness (QED) is 0.128. The molecule has 0 aliphatic carbocycles. The summed E-state index contributed by atoms with van der Waals surface area (Å²) in [6.07, 6.45) is -0.650. The van der Waals surface area contributed by atoms with Gasteiger partial charge in [-0.15, -0.1) is 0 Å². The van der Waals surface area contributed by atoms with E-state index in [0.29, 0.717) is 13.0 Å². The number of rotatable bonds is 13. The number of nitrogens with zero attached hydrogens (tertiary/aromatic N) is 1. The Morgan fingerprint density at radius 2 is 1.79 bits per heavy atom. The fourth-order valence-corrected chi connectivity index (χ4v) is 4.65. The smallest absolute Gasteiger partial charge is 0.371 e. The second kappa shape index (κ2) is 16.1. The predicted octanol–water partition coefficient (Wildman–Crippen LogP) is 0.793. The van der Waals surface area contributed by atoms with Crippen molar-refractivity contribution >= 4 is 35.8 Å². The fourth-order valence-electron chi connectivity index (χ4n) is 4.65. The van der Waals surface area contributed by atoms with Gasteiger partial charge in [0.2, 0.25) is 24.3 Å². The number of aliphatic hydroxyl groups is 1. The third-order valence-electron chi connectivity index (χ3n) is 6.88. The lowest BCUT2D eigenvalue weighted by atomic mass is 9.88. The summed E-state index contributed by atoms with van der Waals surface area (Å²) in [6.45, 7) is 0.627. The average Bonchev–Trinajstić information content (AvgIpc) is 3.56. The monoisotopic (exact) mass is 598 g/mol. The van der Waals surface area contributed by atoms with Crippen molar-refractivity contribution in [1.29, 1.82) is 0 Å². The van der Waals surface area contributed by atoms with E-state index in [-0.39, 0.29) is 37.9 Å². The standard InChI is InChI=1S/C20H24N2O7.C10H10O4/c23-14(15-7-4-10-29-15)9-8-13-17(18(25)22(13)19(26)20(27)28)21-16(24)11-12-5-2-1-3-6-12;1-13-9-4-2-8(3-5-9)7-14-10(12)6-11/h1-3,5-6,13,15,17,19,26H,4,7-11H2,(H,21,24)(H,27,28);2-6H,7H2,1H3/t13-,15+,17+,19?;/m1./s1. The molecule has 2 saturated heterocycles. The van der Waals surface area contributed by atoms with Crippen LogP contribution in [0.15, 0.2) is 54.6 Å². The van der Waals surface area contributed by atoms with Crippen LogP contribution >= 0.6 is 0 Å². The zero-order valence-corrected chi connectivity index (χ0v) is 23.5. The summed E-state index contributed by atoms with van der Waals surface area (Å²) < 4.78 is 14.9. The molecule has 2 aliphatic rings. The van der Waals surface area contributed by atoms with Crippen molar-refractivity contribution in [3.8, 4) is 5.75 Å². The topological polar surface area (TPSA) is 186 Å². The molecule has 4 rings (SSSR count). The van der Waals surface area contributed by atoms with Crippen molar-refractivity contribution in [3.05, 3.63) is 65.7 Å². The van der Waals surface area contributed by atoms with Crippen molar-refractivity contribution in [3.63, 3.8) is 0 Å². The van der Waals surface area contributed by atoms with Gasteiger partial charge in [0.05, 0.1) is 19.6 Å². The minimum absolute atomic E-state index is 0.0632. The molecule has 2 heterocycles. The lowest BCUT2D eigenvalue weighted by molar-refractivity contribution is -0.184. The van der Waals surface area contributed by atoms with Crippen LogP contribution in [0.4, 0.5) is 0 Å². The first-order chi connectivity index (χ1) is 20.6. The molecule has 230 valence electrons. The number of ether oxygens (including phenoxy) is 3. The van der Waals surface area contributed by atoms with E-state index in [0.717, 1.165) is 28.2 Å². The maximum absolute atomic E-state index is 12.4. The number of aldehydes is 1. The number of carboxylic acids is 1.